The summed E-state index contributed by atoms with van der Waals surface area (Å²) in [5.41, 5.74) is 25.4. The highest BCUT2D eigenvalue weighted by Gasteiger charge is 2.54. The van der Waals surface area contributed by atoms with Crippen molar-refractivity contribution in [2.24, 2.45) is 15.9 Å². The minimum Gasteiger partial charge on any atom is -0.456 e. The van der Waals surface area contributed by atoms with Crippen LogP contribution < -0.4 is 0 Å². The minimum absolute atomic E-state index is 0.219. The second-order valence-corrected chi connectivity index (χ2v) is 21.1. The molecule has 3 nitrogen and oxygen atoms in total. The van der Waals surface area contributed by atoms with Gasteiger partial charge in [0.05, 0.1) is 11.0 Å². The molecule has 1 heterocycles. The Kier molecular flexibility index (Phi) is 9.54. The Morgan fingerprint density at radius 2 is 1.09 bits per heavy atom. The number of hydrogen-bond acceptors (Lipinski definition) is 2. The SMILES string of the molecule is CC(=NC(=NC1(c2ccc(-c3ccccc3)cc2)CC1C)c1ccc2c(c1)oc1ccccc12)c1ccc(C2CCc3ccc4c(c3-c3ccccc32)-c2ccccc2C42c3ccccc3-c3ccccc32)cc1. The van der Waals surface area contributed by atoms with Gasteiger partial charge in [0.25, 0.3) is 0 Å². The maximum Gasteiger partial charge on any atom is 0.155 e. The fourth-order valence-corrected chi connectivity index (χ4v) is 13.6. The fraction of sp³-hybridized carbons (Fsp3) is 0.127. The molecule has 15 rings (SSSR count). The first-order chi connectivity index (χ1) is 36.5. The molecule has 4 aliphatic carbocycles. The predicted octanol–water partition coefficient (Wildman–Crippen LogP) is 17.5. The monoisotopic (exact) mass is 948 g/mol. The number of furan rings is 1. The van der Waals surface area contributed by atoms with E-state index in [0.29, 0.717) is 5.92 Å². The topological polar surface area (TPSA) is 37.9 Å². The van der Waals surface area contributed by atoms with Crippen molar-refractivity contribution in [1.82, 2.24) is 0 Å². The van der Waals surface area contributed by atoms with E-state index < -0.39 is 0 Å². The average molecular weight is 949 g/mol. The number of aliphatic imine (C=N–C) groups is 2. The molecule has 352 valence electrons. The van der Waals surface area contributed by atoms with Gasteiger partial charge in [-0.25, -0.2) is 4.99 Å². The Balaban J connectivity index is 0.811. The van der Waals surface area contributed by atoms with E-state index in [1.807, 2.05) is 12.1 Å². The van der Waals surface area contributed by atoms with Crippen LogP contribution in [0.25, 0.3) is 66.4 Å². The van der Waals surface area contributed by atoms with Crippen LogP contribution in [0, 0.1) is 5.92 Å². The van der Waals surface area contributed by atoms with Crippen LogP contribution in [-0.2, 0) is 17.4 Å². The van der Waals surface area contributed by atoms with Gasteiger partial charge in [-0.1, -0.05) is 219 Å². The largest absolute Gasteiger partial charge is 0.456 e. The third-order valence-electron chi connectivity index (χ3n) is 17.3. The molecule has 1 aromatic heterocycles. The number of nitrogens with zero attached hydrogens (tertiary/aromatic N) is 2. The third kappa shape index (κ3) is 6.32. The molecule has 3 atom stereocenters. The second kappa shape index (κ2) is 16.4. The van der Waals surface area contributed by atoms with Crippen LogP contribution in [0.15, 0.2) is 245 Å². The summed E-state index contributed by atoms with van der Waals surface area (Å²) < 4.78 is 6.45. The standard InChI is InChI=1S/C71H52N2O/c1-44-43-70(44,52-37-32-48(33-38-52)47-16-4-3-5-17-47)73-69(51-35-40-58-57-21-11-15-27-65(57)74-66(58)42-51)72-45(2)46-28-30-49(31-29-46)53-39-34-50-36-41-64-68(67(50)59-22-7-6-18-54(53)59)60-23-10-14-26-63(60)71(64)61-24-12-8-19-55(61)56-20-9-13-25-62(56)71/h3-33,35-38,40-42,44,53H,34,39,43H2,1-2H3. The van der Waals surface area contributed by atoms with E-state index in [0.717, 1.165) is 63.9 Å². The van der Waals surface area contributed by atoms with Gasteiger partial charge in [0.15, 0.2) is 5.84 Å². The number of hydrogen-bond donors (Lipinski definition) is 0. The van der Waals surface area contributed by atoms with E-state index in [2.05, 4.69) is 232 Å². The molecule has 1 spiro atoms. The predicted molar refractivity (Wildman–Crippen MR) is 305 cm³/mol. The quantitative estimate of drug-likeness (QED) is 0.121. The van der Waals surface area contributed by atoms with Gasteiger partial charge in [0.2, 0.25) is 0 Å². The molecule has 0 radical (unpaired) electrons. The molecule has 0 bridgehead atoms. The Morgan fingerprint density at radius 1 is 0.500 bits per heavy atom. The van der Waals surface area contributed by atoms with E-state index in [1.165, 1.54) is 89.0 Å². The first kappa shape index (κ1) is 43.0. The van der Waals surface area contributed by atoms with E-state index in [1.54, 1.807) is 0 Å². The lowest BCUT2D eigenvalue weighted by Gasteiger charge is -2.30. The van der Waals surface area contributed by atoms with E-state index in [9.17, 15) is 0 Å². The summed E-state index contributed by atoms with van der Waals surface area (Å²) in [6.07, 6.45) is 2.96. The average Bonchev–Trinajstić information content (AvgIpc) is 3.91. The van der Waals surface area contributed by atoms with Gasteiger partial charge in [-0.3, -0.25) is 4.99 Å². The molecule has 4 aliphatic rings. The zero-order valence-corrected chi connectivity index (χ0v) is 41.5. The van der Waals surface area contributed by atoms with Gasteiger partial charge in [0, 0.05) is 28.0 Å². The Hall–Kier alpha value is -8.66. The molecule has 0 N–H and O–H groups in total. The molecule has 3 unspecified atom stereocenters. The van der Waals surface area contributed by atoms with Gasteiger partial charge in [-0.2, -0.15) is 0 Å². The van der Waals surface area contributed by atoms with E-state index in [4.69, 9.17) is 14.4 Å². The smallest absolute Gasteiger partial charge is 0.155 e. The zero-order valence-electron chi connectivity index (χ0n) is 41.5. The van der Waals surface area contributed by atoms with Crippen molar-refractivity contribution in [3.63, 3.8) is 0 Å². The van der Waals surface area contributed by atoms with Crippen LogP contribution >= 0.6 is 0 Å². The van der Waals surface area contributed by atoms with Crippen LogP contribution in [0.1, 0.15) is 88.2 Å². The summed E-state index contributed by atoms with van der Waals surface area (Å²) in [5, 5.41) is 2.21. The maximum atomic E-state index is 6.45. The van der Waals surface area contributed by atoms with Crippen molar-refractivity contribution in [2.45, 2.75) is 50.0 Å². The van der Waals surface area contributed by atoms with Crippen molar-refractivity contribution in [2.75, 3.05) is 0 Å². The number of benzene rings is 10. The molecule has 1 fully saturated rings. The number of amidine groups is 1. The highest BCUT2D eigenvalue weighted by atomic mass is 16.3. The van der Waals surface area contributed by atoms with E-state index in [-0.39, 0.29) is 16.9 Å². The zero-order chi connectivity index (χ0) is 49.1. The molecule has 0 saturated heterocycles. The van der Waals surface area contributed by atoms with Crippen molar-refractivity contribution in [1.29, 1.82) is 0 Å². The summed E-state index contributed by atoms with van der Waals surface area (Å²) in [4.78, 5) is 11.2. The summed E-state index contributed by atoms with van der Waals surface area (Å²) in [6.45, 7) is 4.44. The summed E-state index contributed by atoms with van der Waals surface area (Å²) >= 11 is 0. The fourth-order valence-electron chi connectivity index (χ4n) is 13.6. The number of fused-ring (bicyclic) bond motifs is 17. The maximum absolute atomic E-state index is 6.45. The van der Waals surface area contributed by atoms with Crippen molar-refractivity contribution < 1.29 is 4.42 Å². The molecule has 0 amide bonds. The lowest BCUT2D eigenvalue weighted by Crippen LogP contribution is -2.25. The van der Waals surface area contributed by atoms with Crippen LogP contribution in [0.5, 0.6) is 0 Å². The van der Waals surface area contributed by atoms with Crippen LogP contribution in [0.4, 0.5) is 0 Å². The lowest BCUT2D eigenvalue weighted by atomic mass is 9.70. The van der Waals surface area contributed by atoms with Gasteiger partial charge in [-0.05, 0) is 145 Å². The van der Waals surface area contributed by atoms with Gasteiger partial charge in [-0.15, -0.1) is 0 Å². The van der Waals surface area contributed by atoms with Crippen LogP contribution in [0.2, 0.25) is 0 Å². The van der Waals surface area contributed by atoms with Crippen LogP contribution in [0.3, 0.4) is 0 Å². The molecule has 11 aromatic rings. The van der Waals surface area contributed by atoms with Crippen LogP contribution in [-0.4, -0.2) is 11.5 Å². The summed E-state index contributed by atoms with van der Waals surface area (Å²) in [6, 6.07) is 85.2. The molecule has 1 saturated carbocycles. The number of rotatable bonds is 6. The third-order valence-corrected chi connectivity index (χ3v) is 17.3. The summed E-state index contributed by atoms with van der Waals surface area (Å²) in [7, 11) is 0. The Morgan fingerprint density at radius 3 is 1.82 bits per heavy atom. The van der Waals surface area contributed by atoms with E-state index >= 15 is 0 Å². The number of para-hydroxylation sites is 1. The minimum atomic E-state index is -0.375. The molecule has 0 aliphatic heterocycles. The first-order valence-corrected chi connectivity index (χ1v) is 26.4. The molecule has 10 aromatic carbocycles. The highest BCUT2D eigenvalue weighted by Crippen LogP contribution is 2.65. The van der Waals surface area contributed by atoms with Crippen molar-refractivity contribution >= 4 is 33.5 Å². The first-order valence-electron chi connectivity index (χ1n) is 26.4. The van der Waals surface area contributed by atoms with Crippen molar-refractivity contribution in [3.05, 3.63) is 286 Å². The molecule has 74 heavy (non-hydrogen) atoms. The Labute approximate surface area is 432 Å². The highest BCUT2D eigenvalue weighted by molar-refractivity contribution is 6.14. The normalized spacial score (nSPS) is 18.8. The van der Waals surface area contributed by atoms with Gasteiger partial charge < -0.3 is 4.42 Å². The lowest BCUT2D eigenvalue weighted by molar-refractivity contribution is 0.665. The molecular formula is C71H52N2O. The molecular weight excluding hydrogens is 897 g/mol. The summed E-state index contributed by atoms with van der Waals surface area (Å²) in [5.74, 6) is 1.31. The van der Waals surface area contributed by atoms with Gasteiger partial charge >= 0.3 is 0 Å². The number of aryl methyl sites for hydroxylation is 1. The Bertz CT molecular complexity index is 4090. The van der Waals surface area contributed by atoms with Gasteiger partial charge in [0.1, 0.15) is 11.2 Å². The molecule has 3 heteroatoms. The van der Waals surface area contributed by atoms with Crippen molar-refractivity contribution in [3.8, 4) is 44.5 Å². The second-order valence-electron chi connectivity index (χ2n) is 21.1.